The van der Waals surface area contributed by atoms with E-state index in [4.69, 9.17) is 4.98 Å². The summed E-state index contributed by atoms with van der Waals surface area (Å²) in [4.78, 5) is 18.0. The summed E-state index contributed by atoms with van der Waals surface area (Å²) in [5.74, 6) is 0.779. The number of anilines is 1. The molecule has 1 aliphatic rings. The third kappa shape index (κ3) is 3.42. The van der Waals surface area contributed by atoms with E-state index in [2.05, 4.69) is 33.1 Å². The summed E-state index contributed by atoms with van der Waals surface area (Å²) < 4.78 is 0. The largest absolute Gasteiger partial charge is 0.347 e. The van der Waals surface area contributed by atoms with Gasteiger partial charge in [-0.05, 0) is 37.6 Å². The molecule has 0 radical (unpaired) electrons. The Morgan fingerprint density at radius 3 is 2.82 bits per heavy atom. The van der Waals surface area contributed by atoms with Crippen LogP contribution < -0.4 is 4.90 Å². The SMILES string of the molecule is CN(C)c1nccc([C@@H]2CCCCN2Cc2ccccn2)n1. The van der Waals surface area contributed by atoms with Crippen molar-refractivity contribution in [1.82, 2.24) is 19.9 Å². The highest BCUT2D eigenvalue weighted by Gasteiger charge is 2.25. The second-order valence-corrected chi connectivity index (χ2v) is 5.98. The van der Waals surface area contributed by atoms with E-state index in [0.29, 0.717) is 6.04 Å². The number of hydrogen-bond acceptors (Lipinski definition) is 5. The molecule has 3 rings (SSSR count). The van der Waals surface area contributed by atoms with E-state index in [-0.39, 0.29) is 0 Å². The van der Waals surface area contributed by atoms with E-state index >= 15 is 0 Å². The maximum atomic E-state index is 4.74. The molecule has 5 nitrogen and oxygen atoms in total. The van der Waals surface area contributed by atoms with Crippen molar-refractivity contribution in [2.24, 2.45) is 0 Å². The van der Waals surface area contributed by atoms with Crippen molar-refractivity contribution >= 4 is 5.95 Å². The average molecular weight is 297 g/mol. The van der Waals surface area contributed by atoms with Crippen LogP contribution in [-0.4, -0.2) is 40.5 Å². The molecule has 116 valence electrons. The zero-order valence-corrected chi connectivity index (χ0v) is 13.3. The molecule has 0 N–H and O–H groups in total. The first-order valence-corrected chi connectivity index (χ1v) is 7.88. The van der Waals surface area contributed by atoms with E-state index in [1.54, 1.807) is 0 Å². The molecule has 0 aliphatic carbocycles. The zero-order valence-electron chi connectivity index (χ0n) is 13.3. The second-order valence-electron chi connectivity index (χ2n) is 5.98. The molecule has 0 amide bonds. The predicted molar refractivity (Wildman–Crippen MR) is 87.6 cm³/mol. The fourth-order valence-corrected chi connectivity index (χ4v) is 2.98. The first-order chi connectivity index (χ1) is 10.7. The molecule has 3 heterocycles. The van der Waals surface area contributed by atoms with Gasteiger partial charge in [-0.25, -0.2) is 9.97 Å². The lowest BCUT2D eigenvalue weighted by Crippen LogP contribution is -2.34. The number of hydrogen-bond donors (Lipinski definition) is 0. The third-order valence-electron chi connectivity index (χ3n) is 4.11. The molecule has 5 heteroatoms. The van der Waals surface area contributed by atoms with Crippen LogP contribution in [0.5, 0.6) is 0 Å². The maximum absolute atomic E-state index is 4.74. The standard InChI is InChI=1S/C17H23N5/c1-21(2)17-19-11-9-15(20-17)16-8-4-6-12-22(16)13-14-7-3-5-10-18-14/h3,5,7,9-11,16H,4,6,8,12-13H2,1-2H3/t16-/m0/s1. The molecule has 1 aliphatic heterocycles. The summed E-state index contributed by atoms with van der Waals surface area (Å²) in [5, 5.41) is 0. The summed E-state index contributed by atoms with van der Waals surface area (Å²) >= 11 is 0. The van der Waals surface area contributed by atoms with Gasteiger partial charge in [0.05, 0.1) is 17.4 Å². The number of nitrogens with zero attached hydrogens (tertiary/aromatic N) is 5. The van der Waals surface area contributed by atoms with Crippen LogP contribution in [0.1, 0.15) is 36.7 Å². The molecule has 1 fully saturated rings. The van der Waals surface area contributed by atoms with Gasteiger partial charge in [-0.15, -0.1) is 0 Å². The Balaban J connectivity index is 1.82. The molecule has 0 bridgehead atoms. The normalized spacial score (nSPS) is 19.1. The molecule has 0 saturated carbocycles. The van der Waals surface area contributed by atoms with Crippen molar-refractivity contribution in [3.8, 4) is 0 Å². The van der Waals surface area contributed by atoms with Crippen LogP contribution >= 0.6 is 0 Å². The first-order valence-electron chi connectivity index (χ1n) is 7.88. The molecule has 2 aromatic rings. The minimum atomic E-state index is 0.359. The fourth-order valence-electron chi connectivity index (χ4n) is 2.98. The highest BCUT2D eigenvalue weighted by Crippen LogP contribution is 2.31. The Kier molecular flexibility index (Phi) is 4.63. The van der Waals surface area contributed by atoms with Gasteiger partial charge in [0.15, 0.2) is 0 Å². The molecule has 1 atom stereocenters. The van der Waals surface area contributed by atoms with Crippen molar-refractivity contribution in [2.45, 2.75) is 31.8 Å². The van der Waals surface area contributed by atoms with Crippen LogP contribution in [0.25, 0.3) is 0 Å². The summed E-state index contributed by atoms with van der Waals surface area (Å²) in [5.41, 5.74) is 2.24. The topological polar surface area (TPSA) is 45.2 Å². The van der Waals surface area contributed by atoms with Crippen LogP contribution in [-0.2, 0) is 6.54 Å². The lowest BCUT2D eigenvalue weighted by Gasteiger charge is -2.35. The Bertz CT molecular complexity index is 599. The number of aromatic nitrogens is 3. The van der Waals surface area contributed by atoms with Crippen molar-refractivity contribution in [3.05, 3.63) is 48.0 Å². The average Bonchev–Trinajstić information content (AvgIpc) is 2.56. The number of likely N-dealkylation sites (tertiary alicyclic amines) is 1. The molecule has 0 unspecified atom stereocenters. The zero-order chi connectivity index (χ0) is 15.4. The predicted octanol–water partition coefficient (Wildman–Crippen LogP) is 2.66. The monoisotopic (exact) mass is 297 g/mol. The van der Waals surface area contributed by atoms with Gasteiger partial charge in [0.25, 0.3) is 0 Å². The molecular formula is C17H23N5. The highest BCUT2D eigenvalue weighted by atomic mass is 15.2. The van der Waals surface area contributed by atoms with Crippen LogP contribution in [0.3, 0.4) is 0 Å². The molecule has 0 aromatic carbocycles. The minimum Gasteiger partial charge on any atom is -0.347 e. The van der Waals surface area contributed by atoms with Gasteiger partial charge in [0.2, 0.25) is 5.95 Å². The highest BCUT2D eigenvalue weighted by molar-refractivity contribution is 5.28. The minimum absolute atomic E-state index is 0.359. The van der Waals surface area contributed by atoms with E-state index < -0.39 is 0 Å². The Morgan fingerprint density at radius 1 is 1.14 bits per heavy atom. The van der Waals surface area contributed by atoms with Gasteiger partial charge in [-0.2, -0.15) is 0 Å². The van der Waals surface area contributed by atoms with E-state index in [1.807, 2.05) is 37.5 Å². The van der Waals surface area contributed by atoms with Gasteiger partial charge >= 0.3 is 0 Å². The number of piperidine rings is 1. The van der Waals surface area contributed by atoms with Crippen molar-refractivity contribution < 1.29 is 0 Å². The van der Waals surface area contributed by atoms with Gasteiger partial charge in [0, 0.05) is 33.0 Å². The third-order valence-corrected chi connectivity index (χ3v) is 4.11. The van der Waals surface area contributed by atoms with Gasteiger partial charge in [0.1, 0.15) is 0 Å². The van der Waals surface area contributed by atoms with Crippen molar-refractivity contribution in [2.75, 3.05) is 25.5 Å². The molecule has 22 heavy (non-hydrogen) atoms. The second kappa shape index (κ2) is 6.83. The van der Waals surface area contributed by atoms with Crippen LogP contribution in [0.4, 0.5) is 5.95 Å². The van der Waals surface area contributed by atoms with Crippen LogP contribution in [0.15, 0.2) is 36.7 Å². The molecule has 2 aromatic heterocycles. The van der Waals surface area contributed by atoms with Crippen molar-refractivity contribution in [3.63, 3.8) is 0 Å². The van der Waals surface area contributed by atoms with Crippen LogP contribution in [0.2, 0.25) is 0 Å². The summed E-state index contributed by atoms with van der Waals surface area (Å²) in [6.45, 7) is 1.98. The molecular weight excluding hydrogens is 274 g/mol. The maximum Gasteiger partial charge on any atom is 0.225 e. The lowest BCUT2D eigenvalue weighted by atomic mass is 9.99. The van der Waals surface area contributed by atoms with E-state index in [1.165, 1.54) is 12.8 Å². The van der Waals surface area contributed by atoms with Gasteiger partial charge in [-0.3, -0.25) is 9.88 Å². The molecule has 0 spiro atoms. The Labute approximate surface area is 132 Å². The summed E-state index contributed by atoms with van der Waals surface area (Å²) in [6.07, 6.45) is 7.38. The number of pyridine rings is 1. The fraction of sp³-hybridized carbons (Fsp3) is 0.471. The number of rotatable bonds is 4. The lowest BCUT2D eigenvalue weighted by molar-refractivity contribution is 0.135. The molecule has 1 saturated heterocycles. The van der Waals surface area contributed by atoms with Gasteiger partial charge in [-0.1, -0.05) is 12.5 Å². The summed E-state index contributed by atoms with van der Waals surface area (Å²) in [7, 11) is 3.96. The van der Waals surface area contributed by atoms with Gasteiger partial charge < -0.3 is 4.90 Å². The van der Waals surface area contributed by atoms with E-state index in [9.17, 15) is 0 Å². The summed E-state index contributed by atoms with van der Waals surface area (Å²) in [6, 6.07) is 8.52. The van der Waals surface area contributed by atoms with Crippen LogP contribution in [0, 0.1) is 0 Å². The Hall–Kier alpha value is -2.01. The van der Waals surface area contributed by atoms with Crippen molar-refractivity contribution in [1.29, 1.82) is 0 Å². The first kappa shape index (κ1) is 14.9. The quantitative estimate of drug-likeness (QED) is 0.868. The smallest absolute Gasteiger partial charge is 0.225 e. The Morgan fingerprint density at radius 2 is 2.05 bits per heavy atom. The van der Waals surface area contributed by atoms with E-state index in [0.717, 1.165) is 36.8 Å².